The largest absolute Gasteiger partial charge is 0.481 e. The standard InChI is InChI=1S/C13H23N3O4/c1-15(2)13(20)16-8-5-10(6-9-16)12(19)14-7-3-4-11(17)18/h10H,3-9H2,1-2H3,(H,14,19)(H,17,18). The quantitative estimate of drug-likeness (QED) is 0.714. The van der Waals surface area contributed by atoms with Gasteiger partial charge in [0.05, 0.1) is 0 Å². The molecule has 1 rings (SSSR count). The van der Waals surface area contributed by atoms with E-state index < -0.39 is 5.97 Å². The number of carbonyl (C=O) groups is 3. The van der Waals surface area contributed by atoms with Crippen LogP contribution in [-0.2, 0) is 9.59 Å². The Hall–Kier alpha value is -1.79. The van der Waals surface area contributed by atoms with E-state index in [9.17, 15) is 14.4 Å². The first-order valence-electron chi connectivity index (χ1n) is 6.87. The van der Waals surface area contributed by atoms with Crippen molar-refractivity contribution in [2.45, 2.75) is 25.7 Å². The fraction of sp³-hybridized carbons (Fsp3) is 0.769. The molecule has 0 radical (unpaired) electrons. The number of nitrogens with zero attached hydrogens (tertiary/aromatic N) is 2. The molecule has 114 valence electrons. The molecule has 0 aromatic carbocycles. The number of rotatable bonds is 5. The van der Waals surface area contributed by atoms with E-state index in [0.717, 1.165) is 0 Å². The molecule has 1 aliphatic heterocycles. The summed E-state index contributed by atoms with van der Waals surface area (Å²) in [5.74, 6) is -0.965. The number of piperidine rings is 1. The third-order valence-corrected chi connectivity index (χ3v) is 3.39. The molecular weight excluding hydrogens is 262 g/mol. The number of carboxylic acid groups (broad SMARTS) is 1. The van der Waals surface area contributed by atoms with E-state index >= 15 is 0 Å². The lowest BCUT2D eigenvalue weighted by molar-refractivity contribution is -0.137. The molecule has 0 aliphatic carbocycles. The second kappa shape index (κ2) is 7.72. The Labute approximate surface area is 118 Å². The molecule has 0 unspecified atom stereocenters. The van der Waals surface area contributed by atoms with Gasteiger partial charge in [-0.3, -0.25) is 9.59 Å². The lowest BCUT2D eigenvalue weighted by atomic mass is 9.96. The first kappa shape index (κ1) is 16.3. The van der Waals surface area contributed by atoms with Gasteiger partial charge >= 0.3 is 12.0 Å². The Morgan fingerprint density at radius 3 is 2.35 bits per heavy atom. The molecule has 0 aromatic rings. The van der Waals surface area contributed by atoms with E-state index in [-0.39, 0.29) is 24.3 Å². The number of hydrogen-bond acceptors (Lipinski definition) is 3. The van der Waals surface area contributed by atoms with Crippen LogP contribution < -0.4 is 5.32 Å². The summed E-state index contributed by atoms with van der Waals surface area (Å²) in [4.78, 5) is 37.3. The highest BCUT2D eigenvalue weighted by atomic mass is 16.4. The van der Waals surface area contributed by atoms with Crippen molar-refractivity contribution in [1.29, 1.82) is 0 Å². The maximum absolute atomic E-state index is 11.9. The molecule has 1 saturated heterocycles. The topological polar surface area (TPSA) is 90.0 Å². The van der Waals surface area contributed by atoms with E-state index in [2.05, 4.69) is 5.32 Å². The van der Waals surface area contributed by atoms with Gasteiger partial charge in [0.15, 0.2) is 0 Å². The fourth-order valence-corrected chi connectivity index (χ4v) is 2.21. The van der Waals surface area contributed by atoms with Crippen molar-refractivity contribution in [2.75, 3.05) is 33.7 Å². The number of carbonyl (C=O) groups excluding carboxylic acids is 2. The summed E-state index contributed by atoms with van der Waals surface area (Å²) in [5.41, 5.74) is 0. The third-order valence-electron chi connectivity index (χ3n) is 3.39. The number of nitrogens with one attached hydrogen (secondary N) is 1. The lowest BCUT2D eigenvalue weighted by Gasteiger charge is -2.33. The second-order valence-electron chi connectivity index (χ2n) is 5.23. The van der Waals surface area contributed by atoms with Gasteiger partial charge in [0.2, 0.25) is 5.91 Å². The van der Waals surface area contributed by atoms with Gasteiger partial charge in [-0.15, -0.1) is 0 Å². The van der Waals surface area contributed by atoms with Crippen LogP contribution in [0.25, 0.3) is 0 Å². The maximum Gasteiger partial charge on any atom is 0.319 e. The minimum absolute atomic E-state index is 0.0229. The molecule has 7 heteroatoms. The monoisotopic (exact) mass is 285 g/mol. The van der Waals surface area contributed by atoms with Crippen molar-refractivity contribution in [1.82, 2.24) is 15.1 Å². The van der Waals surface area contributed by atoms with E-state index in [0.29, 0.717) is 38.9 Å². The van der Waals surface area contributed by atoms with Crippen molar-refractivity contribution < 1.29 is 19.5 Å². The highest BCUT2D eigenvalue weighted by molar-refractivity contribution is 5.79. The molecule has 1 aliphatic rings. The van der Waals surface area contributed by atoms with E-state index in [1.165, 1.54) is 4.90 Å². The Morgan fingerprint density at radius 2 is 1.85 bits per heavy atom. The number of aliphatic carboxylic acids is 1. The number of carboxylic acids is 1. The zero-order chi connectivity index (χ0) is 15.1. The summed E-state index contributed by atoms with van der Waals surface area (Å²) < 4.78 is 0. The van der Waals surface area contributed by atoms with E-state index in [1.807, 2.05) is 0 Å². The Morgan fingerprint density at radius 1 is 1.25 bits per heavy atom. The molecule has 1 fully saturated rings. The molecule has 7 nitrogen and oxygen atoms in total. The van der Waals surface area contributed by atoms with Crippen LogP contribution in [0.3, 0.4) is 0 Å². The van der Waals surface area contributed by atoms with Crippen LogP contribution in [0.1, 0.15) is 25.7 Å². The summed E-state index contributed by atoms with van der Waals surface area (Å²) >= 11 is 0. The van der Waals surface area contributed by atoms with Gasteiger partial charge in [-0.05, 0) is 19.3 Å². The molecule has 2 N–H and O–H groups in total. The molecule has 0 spiro atoms. The summed E-state index contributed by atoms with van der Waals surface area (Å²) in [6, 6.07) is -0.0229. The molecule has 20 heavy (non-hydrogen) atoms. The predicted octanol–water partition coefficient (Wildman–Crippen LogP) is 0.361. The minimum Gasteiger partial charge on any atom is -0.481 e. The van der Waals surface area contributed by atoms with E-state index in [1.54, 1.807) is 19.0 Å². The highest BCUT2D eigenvalue weighted by Gasteiger charge is 2.27. The second-order valence-corrected chi connectivity index (χ2v) is 5.23. The average Bonchev–Trinajstić information content (AvgIpc) is 2.42. The number of urea groups is 1. The summed E-state index contributed by atoms with van der Waals surface area (Å²) in [6.45, 7) is 1.57. The Balaban J connectivity index is 2.25. The molecule has 0 bridgehead atoms. The van der Waals surface area contributed by atoms with Crippen LogP contribution in [0.2, 0.25) is 0 Å². The average molecular weight is 285 g/mol. The minimum atomic E-state index is -0.852. The molecule has 0 saturated carbocycles. The van der Waals surface area contributed by atoms with Gasteiger partial charge < -0.3 is 20.2 Å². The van der Waals surface area contributed by atoms with Gasteiger partial charge in [-0.2, -0.15) is 0 Å². The van der Waals surface area contributed by atoms with Crippen molar-refractivity contribution in [3.05, 3.63) is 0 Å². The van der Waals surface area contributed by atoms with Crippen molar-refractivity contribution in [2.24, 2.45) is 5.92 Å². The Bertz CT molecular complexity index is 363. The lowest BCUT2D eigenvalue weighted by Crippen LogP contribution is -2.46. The first-order valence-corrected chi connectivity index (χ1v) is 6.87. The zero-order valence-corrected chi connectivity index (χ0v) is 12.1. The van der Waals surface area contributed by atoms with E-state index in [4.69, 9.17) is 5.11 Å². The fourth-order valence-electron chi connectivity index (χ4n) is 2.21. The predicted molar refractivity (Wildman–Crippen MR) is 73.3 cm³/mol. The van der Waals surface area contributed by atoms with Crippen LogP contribution in [0.4, 0.5) is 4.79 Å². The van der Waals surface area contributed by atoms with Crippen molar-refractivity contribution >= 4 is 17.9 Å². The SMILES string of the molecule is CN(C)C(=O)N1CCC(C(=O)NCCCC(=O)O)CC1. The number of amides is 3. The molecule has 3 amide bonds. The van der Waals surface area contributed by atoms with Crippen molar-refractivity contribution in [3.8, 4) is 0 Å². The third kappa shape index (κ3) is 5.07. The van der Waals surface area contributed by atoms with Crippen LogP contribution >= 0.6 is 0 Å². The van der Waals surface area contributed by atoms with Gasteiger partial charge in [-0.1, -0.05) is 0 Å². The van der Waals surface area contributed by atoms with Gasteiger partial charge in [0.1, 0.15) is 0 Å². The van der Waals surface area contributed by atoms with Gasteiger partial charge in [0, 0.05) is 46.1 Å². The van der Waals surface area contributed by atoms with Crippen LogP contribution in [0, 0.1) is 5.92 Å². The van der Waals surface area contributed by atoms with Crippen molar-refractivity contribution in [3.63, 3.8) is 0 Å². The number of likely N-dealkylation sites (tertiary alicyclic amines) is 1. The smallest absolute Gasteiger partial charge is 0.319 e. The van der Waals surface area contributed by atoms with Crippen LogP contribution in [0.5, 0.6) is 0 Å². The molecule has 1 heterocycles. The van der Waals surface area contributed by atoms with Crippen LogP contribution in [0.15, 0.2) is 0 Å². The summed E-state index contributed by atoms with van der Waals surface area (Å²) in [5, 5.41) is 11.3. The molecule has 0 atom stereocenters. The number of hydrogen-bond donors (Lipinski definition) is 2. The first-order chi connectivity index (χ1) is 9.41. The normalized spacial score (nSPS) is 15.8. The maximum atomic E-state index is 11.9. The zero-order valence-electron chi connectivity index (χ0n) is 12.1. The van der Waals surface area contributed by atoms with Gasteiger partial charge in [-0.25, -0.2) is 4.79 Å². The molecule has 0 aromatic heterocycles. The highest BCUT2D eigenvalue weighted by Crippen LogP contribution is 2.18. The summed E-state index contributed by atoms with van der Waals surface area (Å²) in [6.07, 6.45) is 1.82. The summed E-state index contributed by atoms with van der Waals surface area (Å²) in [7, 11) is 3.42. The Kier molecular flexibility index (Phi) is 6.27. The van der Waals surface area contributed by atoms with Gasteiger partial charge in [0.25, 0.3) is 0 Å². The van der Waals surface area contributed by atoms with Crippen LogP contribution in [-0.4, -0.2) is 66.5 Å². The molecular formula is C13H23N3O4.